The van der Waals surface area contributed by atoms with E-state index in [0.29, 0.717) is 18.2 Å². The van der Waals surface area contributed by atoms with Crippen molar-refractivity contribution in [3.8, 4) is 11.5 Å². The van der Waals surface area contributed by atoms with E-state index in [-0.39, 0.29) is 19.7 Å². The van der Waals surface area contributed by atoms with Crippen molar-refractivity contribution in [1.29, 1.82) is 0 Å². The molecule has 0 aromatic heterocycles. The summed E-state index contributed by atoms with van der Waals surface area (Å²) in [5.41, 5.74) is -3.34. The summed E-state index contributed by atoms with van der Waals surface area (Å²) in [6.45, 7) is 0. The van der Waals surface area contributed by atoms with Crippen LogP contribution in [-0.4, -0.2) is 69.6 Å². The van der Waals surface area contributed by atoms with Crippen LogP contribution >= 0.6 is 43.5 Å². The minimum absolute atomic E-state index is 0.0247. The van der Waals surface area contributed by atoms with Crippen LogP contribution in [0, 0.1) is 0 Å². The number of aromatic hydroxyl groups is 2. The molecule has 0 aliphatic rings. The van der Waals surface area contributed by atoms with Crippen molar-refractivity contribution >= 4 is 122 Å². The van der Waals surface area contributed by atoms with Crippen LogP contribution in [0.25, 0.3) is 10.8 Å². The Morgan fingerprint density at radius 1 is 0.761 bits per heavy atom. The number of carboxylic acid groups (broad SMARTS) is 1. The Balaban J connectivity index is 2.07. The van der Waals surface area contributed by atoms with Gasteiger partial charge in [-0.05, 0) is 44.0 Å². The molecule has 0 atom stereocenters. The molecule has 0 spiro atoms. The van der Waals surface area contributed by atoms with Gasteiger partial charge in [0.05, 0.1) is 0 Å². The Morgan fingerprint density at radius 3 is 1.65 bits per heavy atom. The van der Waals surface area contributed by atoms with Crippen molar-refractivity contribution in [1.82, 2.24) is 0 Å². The van der Waals surface area contributed by atoms with E-state index in [1.807, 2.05) is 0 Å². The van der Waals surface area contributed by atoms with Gasteiger partial charge in [-0.15, -0.1) is 0 Å². The van der Waals surface area contributed by atoms with Crippen molar-refractivity contribution in [3.63, 3.8) is 0 Å². The molecule has 0 aliphatic carbocycles. The number of azo groups is 2. The summed E-state index contributed by atoms with van der Waals surface area (Å²) < 4.78 is 100.0. The van der Waals surface area contributed by atoms with Crippen LogP contribution in [0.15, 0.2) is 81.7 Å². The molecule has 0 amide bonds. The van der Waals surface area contributed by atoms with Crippen LogP contribution in [0.1, 0.15) is 10.4 Å². The van der Waals surface area contributed by atoms with E-state index in [0.717, 1.165) is 12.1 Å². The topological polar surface area (TPSA) is 293 Å². The summed E-state index contributed by atoms with van der Waals surface area (Å²) in [5, 5.41) is 44.9. The Labute approximate surface area is 281 Å². The molecule has 46 heavy (non-hydrogen) atoms. The fourth-order valence-electron chi connectivity index (χ4n) is 3.86. The van der Waals surface area contributed by atoms with Crippen molar-refractivity contribution in [2.75, 3.05) is 0 Å². The first-order valence-corrected chi connectivity index (χ1v) is 19.8. The van der Waals surface area contributed by atoms with E-state index >= 15 is 0 Å². The predicted octanol–water partition coefficient (Wildman–Crippen LogP) is 5.01. The van der Waals surface area contributed by atoms with Crippen molar-refractivity contribution in [2.24, 2.45) is 20.5 Å². The monoisotopic (exact) mass is 886 g/mol. The maximum atomic E-state index is 12.3. The molecule has 0 fully saturated rings. The molecule has 23 heteroatoms. The number of phenols is 2. The number of phenolic OH excluding ortho intramolecular Hbond substituents is 2. The van der Waals surface area contributed by atoms with Gasteiger partial charge in [-0.1, -0.05) is 11.6 Å². The third kappa shape index (κ3) is 7.33. The van der Waals surface area contributed by atoms with E-state index in [9.17, 15) is 58.0 Å². The van der Waals surface area contributed by atoms with Crippen LogP contribution in [-0.2, 0) is 24.0 Å². The second-order valence-corrected chi connectivity index (χ2v) is 17.1. The Bertz CT molecular complexity index is 2290. The normalized spacial score (nSPS) is 12.8. The Morgan fingerprint density at radius 2 is 1.22 bits per heavy atom. The quantitative estimate of drug-likeness (QED) is 0.0696. The van der Waals surface area contributed by atoms with Gasteiger partial charge in [0, 0.05) is 14.0 Å². The number of carbonyl (C=O) groups is 1. The van der Waals surface area contributed by atoms with Crippen LogP contribution in [0.5, 0.6) is 11.5 Å². The van der Waals surface area contributed by atoms with Crippen molar-refractivity contribution in [3.05, 3.63) is 62.0 Å². The number of fused-ring (bicyclic) bond motifs is 1. The summed E-state index contributed by atoms with van der Waals surface area (Å²) in [4.78, 5) is 9.05. The molecular weight excluding hydrogens is 875 g/mol. The number of halogens is 3. The molecular formula is C23H14AsBr2ClN4O13S2. The average Bonchev–Trinajstić information content (AvgIpc) is 2.90. The van der Waals surface area contributed by atoms with Gasteiger partial charge in [0.1, 0.15) is 0 Å². The van der Waals surface area contributed by atoms with Crippen LogP contribution in [0.2, 0.25) is 5.02 Å². The molecule has 0 radical (unpaired) electrons. The van der Waals surface area contributed by atoms with Gasteiger partial charge in [0.15, 0.2) is 0 Å². The van der Waals surface area contributed by atoms with E-state index < -0.39 is 99.4 Å². The molecule has 17 nitrogen and oxygen atoms in total. The number of rotatable bonds is 8. The maximum absolute atomic E-state index is 12.3. The van der Waals surface area contributed by atoms with E-state index in [4.69, 9.17) is 11.6 Å². The zero-order chi connectivity index (χ0) is 34.5. The molecule has 7 N–H and O–H groups in total. The summed E-state index contributed by atoms with van der Waals surface area (Å²) in [7, 11) is -10.6. The third-order valence-corrected chi connectivity index (χ3v) is 11.1. The number of benzene rings is 4. The van der Waals surface area contributed by atoms with Gasteiger partial charge in [-0.2, -0.15) is 0 Å². The van der Waals surface area contributed by atoms with E-state index in [1.54, 1.807) is 0 Å². The fraction of sp³-hybridized carbons (Fsp3) is 0. The molecule has 4 aromatic rings. The molecule has 242 valence electrons. The molecule has 0 aliphatic heterocycles. The number of aromatic carboxylic acids is 1. The number of nitrogens with zero attached hydrogens (tertiary/aromatic N) is 4. The van der Waals surface area contributed by atoms with Gasteiger partial charge >= 0.3 is 214 Å². The van der Waals surface area contributed by atoms with Gasteiger partial charge < -0.3 is 0 Å². The fourth-order valence-corrected chi connectivity index (χ4v) is 8.43. The summed E-state index contributed by atoms with van der Waals surface area (Å²) in [5.74, 6) is -4.01. The Hall–Kier alpha value is -3.24. The summed E-state index contributed by atoms with van der Waals surface area (Å²) in [6.07, 6.45) is 0. The first-order valence-electron chi connectivity index (χ1n) is 11.5. The first kappa shape index (κ1) is 35.6. The molecule has 0 heterocycles. The van der Waals surface area contributed by atoms with Gasteiger partial charge in [-0.25, -0.2) is 0 Å². The van der Waals surface area contributed by atoms with Gasteiger partial charge in [-0.3, -0.25) is 0 Å². The molecule has 0 saturated carbocycles. The Kier molecular flexibility index (Phi) is 9.87. The number of hydrogen-bond acceptors (Lipinski definition) is 12. The molecule has 0 saturated heterocycles. The second kappa shape index (κ2) is 12.8. The van der Waals surface area contributed by atoms with E-state index in [1.165, 1.54) is 12.1 Å². The molecule has 0 bridgehead atoms. The van der Waals surface area contributed by atoms with Crippen molar-refractivity contribution < 1.29 is 58.0 Å². The minimum atomic E-state index is -5.83. The molecule has 4 rings (SSSR count). The second-order valence-electron chi connectivity index (χ2n) is 8.86. The van der Waals surface area contributed by atoms with Gasteiger partial charge in [0.25, 0.3) is 0 Å². The summed E-state index contributed by atoms with van der Waals surface area (Å²) in [6, 6.07) is 6.21. The molecule has 0 unspecified atom stereocenters. The number of carboxylic acids is 1. The average molecular weight is 889 g/mol. The molecule has 4 aromatic carbocycles. The van der Waals surface area contributed by atoms with Crippen LogP contribution in [0.4, 0.5) is 22.7 Å². The van der Waals surface area contributed by atoms with Gasteiger partial charge in [0.2, 0.25) is 0 Å². The first-order chi connectivity index (χ1) is 21.1. The standard InChI is InChI=1S/C23H14AsBr2ClN4O13S2/c25-12-6-10(27)7-13(26)18(12)29-31-20-16(46(42,43)44)5-9-4-15(45(39,40)41)19(21(32)17(9)22(20)33)30-28-14-3-8(23(34)35)1-2-11(14)24(36,37)38/h1-7,32-33H,(H,34,35)(H2,36,37,38)(H,39,40,41)(H,42,43,44). The van der Waals surface area contributed by atoms with Crippen LogP contribution < -0.4 is 4.35 Å². The number of hydrogen-bond donors (Lipinski definition) is 7. The van der Waals surface area contributed by atoms with Crippen molar-refractivity contribution in [2.45, 2.75) is 9.79 Å². The van der Waals surface area contributed by atoms with Crippen LogP contribution in [0.3, 0.4) is 0 Å². The SMILES string of the molecule is O=C(O)c1ccc([As](=O)(O)O)c(N=Nc2c(S(=O)(=O)O)cc3cc(S(=O)(=O)O)c(N=Nc4c(Br)cc(Cl)cc4Br)c(O)c3c2O)c1. The summed E-state index contributed by atoms with van der Waals surface area (Å²) >= 11 is 6.48. The van der Waals surface area contributed by atoms with E-state index in [2.05, 4.69) is 52.3 Å². The zero-order valence-electron chi connectivity index (χ0n) is 21.8. The third-order valence-electron chi connectivity index (χ3n) is 5.83. The zero-order valence-corrected chi connectivity index (χ0v) is 29.2. The predicted molar refractivity (Wildman–Crippen MR) is 166 cm³/mol.